The quantitative estimate of drug-likeness (QED) is 0.884. The van der Waals surface area contributed by atoms with Gasteiger partial charge in [-0.2, -0.15) is 5.21 Å². The Hall–Kier alpha value is -0.500. The Bertz CT molecular complexity index is 408. The number of aromatic amines is 1. The van der Waals surface area contributed by atoms with E-state index >= 15 is 0 Å². The lowest BCUT2D eigenvalue weighted by Crippen LogP contribution is -2.12. The SMILES string of the molecule is NC(c1nn[nH]n1)c1cc(Br)c(Cl)s1. The van der Waals surface area contributed by atoms with Crippen LogP contribution in [0.1, 0.15) is 16.7 Å². The van der Waals surface area contributed by atoms with Crippen molar-refractivity contribution in [2.24, 2.45) is 5.73 Å². The highest BCUT2D eigenvalue weighted by Gasteiger charge is 2.17. The van der Waals surface area contributed by atoms with Crippen LogP contribution in [0.25, 0.3) is 0 Å². The molecule has 2 heterocycles. The molecule has 0 bridgehead atoms. The van der Waals surface area contributed by atoms with Gasteiger partial charge in [0.25, 0.3) is 0 Å². The molecule has 0 spiro atoms. The van der Waals surface area contributed by atoms with Crippen molar-refractivity contribution in [1.29, 1.82) is 0 Å². The lowest BCUT2D eigenvalue weighted by atomic mass is 10.2. The van der Waals surface area contributed by atoms with E-state index in [-0.39, 0.29) is 6.04 Å². The van der Waals surface area contributed by atoms with Crippen molar-refractivity contribution in [3.05, 3.63) is 25.6 Å². The number of halogens is 2. The summed E-state index contributed by atoms with van der Waals surface area (Å²) in [5.41, 5.74) is 5.89. The first-order valence-corrected chi connectivity index (χ1v) is 5.61. The summed E-state index contributed by atoms with van der Waals surface area (Å²) < 4.78 is 1.50. The Balaban J connectivity index is 2.32. The van der Waals surface area contributed by atoms with Crippen molar-refractivity contribution >= 4 is 38.9 Å². The van der Waals surface area contributed by atoms with Gasteiger partial charge in [0.1, 0.15) is 10.4 Å². The summed E-state index contributed by atoms with van der Waals surface area (Å²) in [7, 11) is 0. The molecule has 2 rings (SSSR count). The molecule has 14 heavy (non-hydrogen) atoms. The number of rotatable bonds is 2. The highest BCUT2D eigenvalue weighted by atomic mass is 79.9. The van der Waals surface area contributed by atoms with Crippen molar-refractivity contribution in [1.82, 2.24) is 20.6 Å². The fourth-order valence-electron chi connectivity index (χ4n) is 0.945. The van der Waals surface area contributed by atoms with Crippen LogP contribution in [0, 0.1) is 0 Å². The van der Waals surface area contributed by atoms with Gasteiger partial charge in [0.15, 0.2) is 5.82 Å². The molecule has 0 amide bonds. The molecule has 0 aliphatic carbocycles. The highest BCUT2D eigenvalue weighted by Crippen LogP contribution is 2.35. The van der Waals surface area contributed by atoms with E-state index in [2.05, 4.69) is 36.6 Å². The number of H-pyrrole nitrogens is 1. The van der Waals surface area contributed by atoms with Gasteiger partial charge >= 0.3 is 0 Å². The van der Waals surface area contributed by atoms with Gasteiger partial charge in [0, 0.05) is 9.35 Å². The smallest absolute Gasteiger partial charge is 0.196 e. The lowest BCUT2D eigenvalue weighted by Gasteiger charge is -2.01. The summed E-state index contributed by atoms with van der Waals surface area (Å²) in [5, 5.41) is 13.4. The Morgan fingerprint density at radius 2 is 2.43 bits per heavy atom. The summed E-state index contributed by atoms with van der Waals surface area (Å²) in [4.78, 5) is 0.892. The number of nitrogens with two attached hydrogens (primary N) is 1. The molecule has 0 fully saturated rings. The Kier molecular flexibility index (Phi) is 2.82. The van der Waals surface area contributed by atoms with Crippen molar-refractivity contribution in [2.75, 3.05) is 0 Å². The van der Waals surface area contributed by atoms with Crippen LogP contribution >= 0.6 is 38.9 Å². The molecule has 0 saturated carbocycles. The lowest BCUT2D eigenvalue weighted by molar-refractivity contribution is 0.799. The van der Waals surface area contributed by atoms with E-state index < -0.39 is 0 Å². The van der Waals surface area contributed by atoms with Crippen LogP contribution in [0.2, 0.25) is 4.34 Å². The predicted octanol–water partition coefficient (Wildman–Crippen LogP) is 1.73. The summed E-state index contributed by atoms with van der Waals surface area (Å²) in [5.74, 6) is 0.454. The molecular weight excluding hydrogens is 290 g/mol. The van der Waals surface area contributed by atoms with Crippen LogP contribution in [0.5, 0.6) is 0 Å². The van der Waals surface area contributed by atoms with Gasteiger partial charge in [0.05, 0.1) is 0 Å². The Labute approximate surface area is 96.8 Å². The van der Waals surface area contributed by atoms with E-state index in [9.17, 15) is 0 Å². The zero-order valence-electron chi connectivity index (χ0n) is 6.74. The van der Waals surface area contributed by atoms with E-state index in [0.29, 0.717) is 10.2 Å². The van der Waals surface area contributed by atoms with Gasteiger partial charge in [-0.25, -0.2) is 0 Å². The van der Waals surface area contributed by atoms with Gasteiger partial charge in [-0.1, -0.05) is 16.8 Å². The summed E-state index contributed by atoms with van der Waals surface area (Å²) in [6, 6.07) is 1.47. The summed E-state index contributed by atoms with van der Waals surface area (Å²) in [6.07, 6.45) is 0. The molecule has 8 heteroatoms. The van der Waals surface area contributed by atoms with Crippen LogP contribution in [-0.2, 0) is 0 Å². The minimum absolute atomic E-state index is 0.387. The predicted molar refractivity (Wildman–Crippen MR) is 57.2 cm³/mol. The first-order chi connectivity index (χ1) is 6.68. The summed E-state index contributed by atoms with van der Waals surface area (Å²) in [6.45, 7) is 0. The van der Waals surface area contributed by atoms with Crippen LogP contribution in [0.15, 0.2) is 10.5 Å². The van der Waals surface area contributed by atoms with Gasteiger partial charge < -0.3 is 5.73 Å². The molecule has 1 atom stereocenters. The molecule has 0 aromatic carbocycles. The molecule has 0 aliphatic heterocycles. The van der Waals surface area contributed by atoms with E-state index in [1.54, 1.807) is 0 Å². The molecule has 0 saturated heterocycles. The highest BCUT2D eigenvalue weighted by molar-refractivity contribution is 9.10. The largest absolute Gasteiger partial charge is 0.317 e. The third kappa shape index (κ3) is 1.81. The fourth-order valence-corrected chi connectivity index (χ4v) is 2.68. The number of thiophene rings is 1. The van der Waals surface area contributed by atoms with E-state index in [0.717, 1.165) is 9.35 Å². The van der Waals surface area contributed by atoms with Gasteiger partial charge in [-0.15, -0.1) is 21.5 Å². The zero-order chi connectivity index (χ0) is 10.1. The average molecular weight is 295 g/mol. The monoisotopic (exact) mass is 293 g/mol. The molecule has 2 aromatic heterocycles. The fraction of sp³-hybridized carbons (Fsp3) is 0.167. The molecule has 74 valence electrons. The van der Waals surface area contributed by atoms with Crippen LogP contribution in [-0.4, -0.2) is 20.6 Å². The molecular formula is C6H5BrClN5S. The number of nitrogens with zero attached hydrogens (tertiary/aromatic N) is 3. The molecule has 0 aliphatic rings. The zero-order valence-corrected chi connectivity index (χ0v) is 9.90. The van der Waals surface area contributed by atoms with Crippen molar-refractivity contribution in [3.8, 4) is 0 Å². The normalized spacial score (nSPS) is 13.1. The second-order valence-corrected chi connectivity index (χ2v) is 5.06. The Morgan fingerprint density at radius 1 is 1.64 bits per heavy atom. The van der Waals surface area contributed by atoms with Gasteiger partial charge in [-0.3, -0.25) is 0 Å². The summed E-state index contributed by atoms with van der Waals surface area (Å²) >= 11 is 10.6. The first kappa shape index (κ1) is 10.0. The van der Waals surface area contributed by atoms with Gasteiger partial charge in [-0.05, 0) is 22.0 Å². The van der Waals surface area contributed by atoms with Crippen molar-refractivity contribution in [2.45, 2.75) is 6.04 Å². The second kappa shape index (κ2) is 3.93. The first-order valence-electron chi connectivity index (χ1n) is 3.62. The van der Waals surface area contributed by atoms with Crippen LogP contribution < -0.4 is 5.73 Å². The van der Waals surface area contributed by atoms with E-state index in [4.69, 9.17) is 17.3 Å². The molecule has 0 radical (unpaired) electrons. The number of aromatic nitrogens is 4. The Morgan fingerprint density at radius 3 is 2.93 bits per heavy atom. The third-order valence-electron chi connectivity index (χ3n) is 1.61. The maximum absolute atomic E-state index is 5.89. The minimum atomic E-state index is -0.387. The van der Waals surface area contributed by atoms with E-state index in [1.165, 1.54) is 11.3 Å². The number of hydrogen-bond acceptors (Lipinski definition) is 5. The maximum Gasteiger partial charge on any atom is 0.196 e. The standard InChI is InChI=1S/C6H5BrClN5S/c7-2-1-3(14-5(2)8)4(9)6-10-12-13-11-6/h1,4H,9H2,(H,10,11,12,13). The topological polar surface area (TPSA) is 80.5 Å². The number of hydrogen-bond donors (Lipinski definition) is 2. The molecule has 2 aromatic rings. The second-order valence-electron chi connectivity index (χ2n) is 2.52. The van der Waals surface area contributed by atoms with Crippen LogP contribution in [0.4, 0.5) is 0 Å². The molecule has 3 N–H and O–H groups in total. The van der Waals surface area contributed by atoms with Gasteiger partial charge in [0.2, 0.25) is 0 Å². The van der Waals surface area contributed by atoms with E-state index in [1.807, 2.05) is 6.07 Å². The van der Waals surface area contributed by atoms with Crippen molar-refractivity contribution in [3.63, 3.8) is 0 Å². The maximum atomic E-state index is 5.89. The molecule has 1 unspecified atom stereocenters. The number of nitrogens with one attached hydrogen (secondary N) is 1. The molecule has 5 nitrogen and oxygen atoms in total. The van der Waals surface area contributed by atoms with Crippen molar-refractivity contribution < 1.29 is 0 Å². The minimum Gasteiger partial charge on any atom is -0.317 e. The third-order valence-corrected chi connectivity index (χ3v) is 4.17. The van der Waals surface area contributed by atoms with Crippen LogP contribution in [0.3, 0.4) is 0 Å². The average Bonchev–Trinajstić information content (AvgIpc) is 2.76. The number of tetrazole rings is 1.